The fourth-order valence-electron chi connectivity index (χ4n) is 1.98. The van der Waals surface area contributed by atoms with Gasteiger partial charge in [0.2, 0.25) is 11.8 Å². The maximum atomic E-state index is 13.5. The molecule has 0 radical (unpaired) electrons. The fourth-order valence-corrected chi connectivity index (χ4v) is 1.98. The molecule has 0 saturated carbocycles. The van der Waals surface area contributed by atoms with E-state index in [0.717, 1.165) is 6.07 Å². The van der Waals surface area contributed by atoms with Crippen LogP contribution in [-0.4, -0.2) is 36.3 Å². The van der Waals surface area contributed by atoms with Crippen molar-refractivity contribution in [2.24, 2.45) is 0 Å². The third-order valence-corrected chi connectivity index (χ3v) is 3.35. The topological polar surface area (TPSA) is 92.4 Å². The molecule has 162 valence electrons. The second kappa shape index (κ2) is 9.80. The maximum absolute atomic E-state index is 13.5. The molecule has 0 unspecified atom stereocenters. The van der Waals surface area contributed by atoms with Crippen molar-refractivity contribution in [1.82, 2.24) is 15.6 Å². The highest BCUT2D eigenvalue weighted by Gasteiger charge is 2.28. The zero-order valence-electron chi connectivity index (χ0n) is 14.9. The van der Waals surface area contributed by atoms with E-state index < -0.39 is 54.4 Å². The molecule has 0 spiro atoms. The molecule has 1 aromatic heterocycles. The summed E-state index contributed by atoms with van der Waals surface area (Å²) in [5, 5.41) is 6.46. The number of carbonyl (C=O) groups is 2. The lowest BCUT2D eigenvalue weighted by Crippen LogP contribution is -2.39. The first-order valence-corrected chi connectivity index (χ1v) is 8.14. The van der Waals surface area contributed by atoms with Crippen molar-refractivity contribution in [2.45, 2.75) is 12.7 Å². The zero-order chi connectivity index (χ0) is 22.3. The molecule has 1 heterocycles. The summed E-state index contributed by atoms with van der Waals surface area (Å²) in [6.45, 7) is -2.17. The Morgan fingerprint density at radius 2 is 1.73 bits per heavy atom. The highest BCUT2D eigenvalue weighted by molar-refractivity contribution is 5.94. The third-order valence-electron chi connectivity index (χ3n) is 3.35. The molecule has 3 amide bonds. The SMILES string of the molecule is O=C(CNC(=O)NCc1ccc(OCC(F)(F)F)nc1)Nc1ccc(F)c(F)c1F. The van der Waals surface area contributed by atoms with Crippen molar-refractivity contribution in [3.63, 3.8) is 0 Å². The first-order valence-electron chi connectivity index (χ1n) is 8.14. The maximum Gasteiger partial charge on any atom is 0.422 e. The van der Waals surface area contributed by atoms with E-state index in [0.29, 0.717) is 11.6 Å². The first kappa shape index (κ1) is 22.8. The number of nitrogens with zero attached hydrogens (tertiary/aromatic N) is 1. The summed E-state index contributed by atoms with van der Waals surface area (Å²) in [5.74, 6) is -5.90. The van der Waals surface area contributed by atoms with Gasteiger partial charge in [0, 0.05) is 18.8 Å². The van der Waals surface area contributed by atoms with Gasteiger partial charge in [-0.25, -0.2) is 22.9 Å². The van der Waals surface area contributed by atoms with Gasteiger partial charge in [-0.2, -0.15) is 13.2 Å². The number of nitrogens with one attached hydrogen (secondary N) is 3. The van der Waals surface area contributed by atoms with Crippen molar-refractivity contribution in [3.05, 3.63) is 53.5 Å². The first-order chi connectivity index (χ1) is 14.0. The van der Waals surface area contributed by atoms with E-state index in [2.05, 4.69) is 20.4 Å². The second-order valence-electron chi connectivity index (χ2n) is 5.72. The zero-order valence-corrected chi connectivity index (χ0v) is 14.9. The summed E-state index contributed by atoms with van der Waals surface area (Å²) in [5.41, 5.74) is -0.169. The van der Waals surface area contributed by atoms with E-state index in [9.17, 15) is 35.9 Å². The van der Waals surface area contributed by atoms with Gasteiger partial charge in [-0.3, -0.25) is 4.79 Å². The molecule has 0 saturated heterocycles. The Balaban J connectivity index is 1.74. The molecule has 13 heteroatoms. The van der Waals surface area contributed by atoms with Crippen molar-refractivity contribution in [2.75, 3.05) is 18.5 Å². The quantitative estimate of drug-likeness (QED) is 0.460. The number of aromatic nitrogens is 1. The number of ether oxygens (including phenoxy) is 1. The number of urea groups is 1. The van der Waals surface area contributed by atoms with Gasteiger partial charge in [-0.05, 0) is 17.7 Å². The second-order valence-corrected chi connectivity index (χ2v) is 5.72. The Kier molecular flexibility index (Phi) is 7.44. The van der Waals surface area contributed by atoms with Gasteiger partial charge in [0.15, 0.2) is 24.1 Å². The molecule has 2 rings (SSSR count). The minimum atomic E-state index is -4.50. The van der Waals surface area contributed by atoms with Gasteiger partial charge in [0.1, 0.15) is 0 Å². The largest absolute Gasteiger partial charge is 0.468 e. The van der Waals surface area contributed by atoms with Crippen LogP contribution in [0.15, 0.2) is 30.5 Å². The molecular formula is C17H14F6N4O3. The number of hydrogen-bond donors (Lipinski definition) is 3. The number of halogens is 6. The molecule has 2 aromatic rings. The highest BCUT2D eigenvalue weighted by Crippen LogP contribution is 2.19. The smallest absolute Gasteiger partial charge is 0.422 e. The molecular weight excluding hydrogens is 422 g/mol. The Morgan fingerprint density at radius 1 is 1.00 bits per heavy atom. The summed E-state index contributed by atoms with van der Waals surface area (Å²) in [4.78, 5) is 27.0. The van der Waals surface area contributed by atoms with Crippen LogP contribution in [-0.2, 0) is 11.3 Å². The third kappa shape index (κ3) is 7.14. The van der Waals surface area contributed by atoms with Crippen LogP contribution in [0.25, 0.3) is 0 Å². The van der Waals surface area contributed by atoms with Crippen LogP contribution in [0.3, 0.4) is 0 Å². The Bertz CT molecular complexity index is 906. The summed E-state index contributed by atoms with van der Waals surface area (Å²) in [7, 11) is 0. The van der Waals surface area contributed by atoms with Crippen LogP contribution in [0.2, 0.25) is 0 Å². The summed E-state index contributed by atoms with van der Waals surface area (Å²) in [6, 6.07) is 3.21. The van der Waals surface area contributed by atoms with E-state index in [1.807, 2.05) is 5.32 Å². The van der Waals surface area contributed by atoms with Crippen LogP contribution in [0.4, 0.5) is 36.8 Å². The molecule has 0 aliphatic heterocycles. The highest BCUT2D eigenvalue weighted by atomic mass is 19.4. The van der Waals surface area contributed by atoms with Gasteiger partial charge in [0.25, 0.3) is 0 Å². The number of amides is 3. The number of anilines is 1. The van der Waals surface area contributed by atoms with E-state index in [1.54, 1.807) is 0 Å². The predicted octanol–water partition coefficient (Wildman–Crippen LogP) is 2.88. The van der Waals surface area contributed by atoms with Gasteiger partial charge in [0.05, 0.1) is 12.2 Å². The Hall–Kier alpha value is -3.51. The predicted molar refractivity (Wildman–Crippen MR) is 91.0 cm³/mol. The molecule has 0 fully saturated rings. The molecule has 3 N–H and O–H groups in total. The van der Waals surface area contributed by atoms with Crippen LogP contribution < -0.4 is 20.7 Å². The minimum Gasteiger partial charge on any atom is -0.468 e. The van der Waals surface area contributed by atoms with Crippen LogP contribution in [0.1, 0.15) is 5.56 Å². The number of benzene rings is 1. The number of hydrogen-bond acceptors (Lipinski definition) is 4. The Labute approximate surface area is 165 Å². The van der Waals surface area contributed by atoms with Gasteiger partial charge >= 0.3 is 12.2 Å². The molecule has 7 nitrogen and oxygen atoms in total. The lowest BCUT2D eigenvalue weighted by atomic mass is 10.2. The number of carbonyl (C=O) groups excluding carboxylic acids is 2. The van der Waals surface area contributed by atoms with Crippen LogP contribution in [0.5, 0.6) is 5.88 Å². The Morgan fingerprint density at radius 3 is 2.37 bits per heavy atom. The monoisotopic (exact) mass is 436 g/mol. The molecule has 0 bridgehead atoms. The molecule has 30 heavy (non-hydrogen) atoms. The van der Waals surface area contributed by atoms with E-state index >= 15 is 0 Å². The molecule has 0 aliphatic rings. The number of rotatable bonds is 7. The van der Waals surface area contributed by atoms with Crippen molar-refractivity contribution in [3.8, 4) is 5.88 Å². The van der Waals surface area contributed by atoms with Crippen molar-refractivity contribution >= 4 is 17.6 Å². The van der Waals surface area contributed by atoms with Gasteiger partial charge < -0.3 is 20.7 Å². The number of pyridine rings is 1. The lowest BCUT2D eigenvalue weighted by molar-refractivity contribution is -0.154. The lowest BCUT2D eigenvalue weighted by Gasteiger charge is -2.10. The molecule has 0 aliphatic carbocycles. The molecule has 1 aromatic carbocycles. The summed E-state index contributed by atoms with van der Waals surface area (Å²) < 4.78 is 80.0. The minimum absolute atomic E-state index is 0.0716. The normalized spacial score (nSPS) is 11.0. The van der Waals surface area contributed by atoms with E-state index in [-0.39, 0.29) is 12.4 Å². The van der Waals surface area contributed by atoms with E-state index in [1.165, 1.54) is 18.3 Å². The van der Waals surface area contributed by atoms with Gasteiger partial charge in [-0.15, -0.1) is 0 Å². The fraction of sp³-hybridized carbons (Fsp3) is 0.235. The van der Waals surface area contributed by atoms with Crippen LogP contribution in [0, 0.1) is 17.5 Å². The van der Waals surface area contributed by atoms with Gasteiger partial charge in [-0.1, -0.05) is 6.07 Å². The number of alkyl halides is 3. The van der Waals surface area contributed by atoms with Crippen molar-refractivity contribution in [1.29, 1.82) is 0 Å². The average molecular weight is 436 g/mol. The molecule has 0 atom stereocenters. The standard InChI is InChI=1S/C17H14F6N4O3/c18-10-2-3-11(15(20)14(10)19)27-12(28)7-26-16(29)25-6-9-1-4-13(24-5-9)30-8-17(21,22)23/h1-5H,6-8H2,(H,27,28)(H2,25,26,29). The van der Waals surface area contributed by atoms with E-state index in [4.69, 9.17) is 0 Å². The summed E-state index contributed by atoms with van der Waals surface area (Å²) >= 11 is 0. The summed E-state index contributed by atoms with van der Waals surface area (Å²) in [6.07, 6.45) is -3.31. The van der Waals surface area contributed by atoms with Crippen LogP contribution >= 0.6 is 0 Å². The average Bonchev–Trinajstić information content (AvgIpc) is 2.70. The van der Waals surface area contributed by atoms with Crippen molar-refractivity contribution < 1.29 is 40.7 Å².